The van der Waals surface area contributed by atoms with Gasteiger partial charge in [0.05, 0.1) is 17.3 Å². The Morgan fingerprint density at radius 1 is 0.833 bits per heavy atom. The maximum Gasteiger partial charge on any atom is 0.323 e. The van der Waals surface area contributed by atoms with Crippen LogP contribution in [-0.2, 0) is 0 Å². The number of para-hydroxylation sites is 1. The van der Waals surface area contributed by atoms with E-state index in [-0.39, 0.29) is 6.03 Å². The van der Waals surface area contributed by atoms with E-state index in [0.717, 1.165) is 16.8 Å². The summed E-state index contributed by atoms with van der Waals surface area (Å²) < 4.78 is 0. The van der Waals surface area contributed by atoms with E-state index in [0.29, 0.717) is 11.3 Å². The third-order valence-electron chi connectivity index (χ3n) is 3.51. The SMILES string of the molecule is N#Cc1cccc(NC(=O)Nc2ccccc2-c2ccccc2)c1. The quantitative estimate of drug-likeness (QED) is 0.724. The Morgan fingerprint density at radius 2 is 1.58 bits per heavy atom. The van der Waals surface area contributed by atoms with Gasteiger partial charge in [-0.3, -0.25) is 0 Å². The molecule has 0 spiro atoms. The summed E-state index contributed by atoms with van der Waals surface area (Å²) in [4.78, 5) is 12.3. The molecule has 2 N–H and O–H groups in total. The number of anilines is 2. The summed E-state index contributed by atoms with van der Waals surface area (Å²) >= 11 is 0. The predicted molar refractivity (Wildman–Crippen MR) is 95.7 cm³/mol. The van der Waals surface area contributed by atoms with Crippen molar-refractivity contribution in [2.45, 2.75) is 0 Å². The van der Waals surface area contributed by atoms with Crippen LogP contribution in [0, 0.1) is 11.3 Å². The molecule has 0 saturated carbocycles. The van der Waals surface area contributed by atoms with Crippen molar-refractivity contribution in [1.82, 2.24) is 0 Å². The highest BCUT2D eigenvalue weighted by Gasteiger charge is 2.08. The molecule has 3 rings (SSSR count). The second-order valence-corrected chi connectivity index (χ2v) is 5.18. The molecule has 0 radical (unpaired) electrons. The molecule has 0 aliphatic rings. The van der Waals surface area contributed by atoms with Gasteiger partial charge in [0.1, 0.15) is 0 Å². The lowest BCUT2D eigenvalue weighted by molar-refractivity contribution is 0.262. The minimum atomic E-state index is -0.353. The molecule has 116 valence electrons. The minimum Gasteiger partial charge on any atom is -0.308 e. The Balaban J connectivity index is 1.79. The van der Waals surface area contributed by atoms with E-state index in [2.05, 4.69) is 10.6 Å². The zero-order valence-corrected chi connectivity index (χ0v) is 12.9. The van der Waals surface area contributed by atoms with Gasteiger partial charge in [-0.15, -0.1) is 0 Å². The lowest BCUT2D eigenvalue weighted by atomic mass is 10.0. The van der Waals surface area contributed by atoms with Gasteiger partial charge in [-0.25, -0.2) is 4.79 Å². The standard InChI is InChI=1S/C20H15N3O/c21-14-15-7-6-10-17(13-15)22-20(24)23-19-12-5-4-11-18(19)16-8-2-1-3-9-16/h1-13H,(H2,22,23,24). The molecule has 0 aliphatic heterocycles. The van der Waals surface area contributed by atoms with Gasteiger partial charge in [0, 0.05) is 11.3 Å². The van der Waals surface area contributed by atoms with Gasteiger partial charge in [0.15, 0.2) is 0 Å². The number of urea groups is 1. The summed E-state index contributed by atoms with van der Waals surface area (Å²) in [5.74, 6) is 0. The molecule has 0 unspecified atom stereocenters. The summed E-state index contributed by atoms with van der Waals surface area (Å²) in [7, 11) is 0. The molecule has 0 aromatic heterocycles. The topological polar surface area (TPSA) is 64.9 Å². The highest BCUT2D eigenvalue weighted by molar-refractivity contribution is 6.02. The summed E-state index contributed by atoms with van der Waals surface area (Å²) in [5.41, 5.74) is 3.76. The predicted octanol–water partition coefficient (Wildman–Crippen LogP) is 4.87. The number of benzene rings is 3. The van der Waals surface area contributed by atoms with Crippen LogP contribution in [0.5, 0.6) is 0 Å². The Kier molecular flexibility index (Phi) is 4.55. The first-order valence-corrected chi connectivity index (χ1v) is 7.49. The first-order valence-electron chi connectivity index (χ1n) is 7.49. The maximum atomic E-state index is 12.3. The van der Waals surface area contributed by atoms with Crippen LogP contribution < -0.4 is 10.6 Å². The third kappa shape index (κ3) is 3.60. The van der Waals surface area contributed by atoms with Crippen molar-refractivity contribution >= 4 is 17.4 Å². The van der Waals surface area contributed by atoms with Crippen molar-refractivity contribution in [2.75, 3.05) is 10.6 Å². The molecule has 2 amide bonds. The normalized spacial score (nSPS) is 9.79. The molecule has 3 aromatic rings. The molecular weight excluding hydrogens is 298 g/mol. The number of nitrogens with zero attached hydrogens (tertiary/aromatic N) is 1. The van der Waals surface area contributed by atoms with Crippen LogP contribution in [0.25, 0.3) is 11.1 Å². The molecule has 0 aliphatic carbocycles. The lowest BCUT2D eigenvalue weighted by Crippen LogP contribution is -2.19. The lowest BCUT2D eigenvalue weighted by Gasteiger charge is -2.12. The molecule has 0 atom stereocenters. The third-order valence-corrected chi connectivity index (χ3v) is 3.51. The average Bonchev–Trinajstić information content (AvgIpc) is 2.63. The van der Waals surface area contributed by atoms with E-state index in [1.54, 1.807) is 24.3 Å². The van der Waals surface area contributed by atoms with E-state index in [9.17, 15) is 4.79 Å². The number of hydrogen-bond donors (Lipinski definition) is 2. The van der Waals surface area contributed by atoms with Gasteiger partial charge in [-0.2, -0.15) is 5.26 Å². The van der Waals surface area contributed by atoms with Gasteiger partial charge in [-0.05, 0) is 29.8 Å². The van der Waals surface area contributed by atoms with Crippen LogP contribution in [0.3, 0.4) is 0 Å². The van der Waals surface area contributed by atoms with Gasteiger partial charge in [0.25, 0.3) is 0 Å². The Hall–Kier alpha value is -3.58. The van der Waals surface area contributed by atoms with Gasteiger partial charge in [0.2, 0.25) is 0 Å². The fraction of sp³-hybridized carbons (Fsp3) is 0. The molecule has 24 heavy (non-hydrogen) atoms. The van der Waals surface area contributed by atoms with Crippen LogP contribution in [0.1, 0.15) is 5.56 Å². The van der Waals surface area contributed by atoms with Crippen molar-refractivity contribution in [3.63, 3.8) is 0 Å². The first kappa shape index (κ1) is 15.3. The van der Waals surface area contributed by atoms with Crippen molar-refractivity contribution in [1.29, 1.82) is 5.26 Å². The first-order chi connectivity index (χ1) is 11.8. The summed E-state index contributed by atoms with van der Waals surface area (Å²) in [6.45, 7) is 0. The summed E-state index contributed by atoms with van der Waals surface area (Å²) in [5, 5.41) is 14.5. The van der Waals surface area contributed by atoms with Crippen LogP contribution in [0.2, 0.25) is 0 Å². The van der Waals surface area contributed by atoms with Crippen LogP contribution >= 0.6 is 0 Å². The van der Waals surface area contributed by atoms with Crippen molar-refractivity contribution in [3.8, 4) is 17.2 Å². The van der Waals surface area contributed by atoms with Crippen LogP contribution in [0.4, 0.5) is 16.2 Å². The molecule has 4 nitrogen and oxygen atoms in total. The highest BCUT2D eigenvalue weighted by Crippen LogP contribution is 2.27. The Bertz CT molecular complexity index is 898. The molecule has 0 saturated heterocycles. The van der Waals surface area contributed by atoms with Crippen molar-refractivity contribution in [2.24, 2.45) is 0 Å². The van der Waals surface area contributed by atoms with E-state index in [1.807, 2.05) is 60.7 Å². The number of amides is 2. The minimum absolute atomic E-state index is 0.353. The smallest absolute Gasteiger partial charge is 0.308 e. The molecule has 4 heteroatoms. The number of rotatable bonds is 3. The fourth-order valence-corrected chi connectivity index (χ4v) is 2.41. The Morgan fingerprint density at radius 3 is 2.38 bits per heavy atom. The largest absolute Gasteiger partial charge is 0.323 e. The van der Waals surface area contributed by atoms with Gasteiger partial charge >= 0.3 is 6.03 Å². The average molecular weight is 313 g/mol. The van der Waals surface area contributed by atoms with E-state index < -0.39 is 0 Å². The molecule has 3 aromatic carbocycles. The zero-order chi connectivity index (χ0) is 16.8. The number of nitrogens with one attached hydrogen (secondary N) is 2. The fourth-order valence-electron chi connectivity index (χ4n) is 2.41. The maximum absolute atomic E-state index is 12.3. The molecular formula is C20H15N3O. The van der Waals surface area contributed by atoms with Crippen molar-refractivity contribution in [3.05, 3.63) is 84.4 Å². The van der Waals surface area contributed by atoms with Crippen molar-refractivity contribution < 1.29 is 4.79 Å². The van der Waals surface area contributed by atoms with E-state index in [4.69, 9.17) is 5.26 Å². The zero-order valence-electron chi connectivity index (χ0n) is 12.9. The molecule has 0 bridgehead atoms. The van der Waals surface area contributed by atoms with E-state index >= 15 is 0 Å². The van der Waals surface area contributed by atoms with Crippen LogP contribution in [-0.4, -0.2) is 6.03 Å². The Labute approximate surface area is 140 Å². The highest BCUT2D eigenvalue weighted by atomic mass is 16.2. The number of nitriles is 1. The second-order valence-electron chi connectivity index (χ2n) is 5.18. The number of hydrogen-bond acceptors (Lipinski definition) is 2. The number of carbonyl (C=O) groups excluding carboxylic acids is 1. The summed E-state index contributed by atoms with van der Waals surface area (Å²) in [6.07, 6.45) is 0. The molecule has 0 fully saturated rings. The monoisotopic (exact) mass is 313 g/mol. The summed E-state index contributed by atoms with van der Waals surface area (Å²) in [6, 6.07) is 26.0. The van der Waals surface area contributed by atoms with Crippen LogP contribution in [0.15, 0.2) is 78.9 Å². The number of carbonyl (C=O) groups is 1. The van der Waals surface area contributed by atoms with Gasteiger partial charge in [-0.1, -0.05) is 54.6 Å². The van der Waals surface area contributed by atoms with Gasteiger partial charge < -0.3 is 10.6 Å². The second kappa shape index (κ2) is 7.12. The molecule has 0 heterocycles. The van der Waals surface area contributed by atoms with E-state index in [1.165, 1.54) is 0 Å².